The largest absolute Gasteiger partial charge is 0.472 e. The summed E-state index contributed by atoms with van der Waals surface area (Å²) in [6.07, 6.45) is 3.78. The van der Waals surface area contributed by atoms with E-state index in [1.807, 2.05) is 26.8 Å². The molecule has 0 saturated heterocycles. The molecule has 0 fully saturated rings. The lowest BCUT2D eigenvalue weighted by Crippen LogP contribution is -2.50. The van der Waals surface area contributed by atoms with Gasteiger partial charge < -0.3 is 15.3 Å². The Labute approximate surface area is 84.9 Å². The van der Waals surface area contributed by atoms with E-state index in [0.717, 1.165) is 5.56 Å². The Hall–Kier alpha value is -0.800. The normalized spacial score (nSPS) is 16.6. The Kier molecular flexibility index (Phi) is 3.02. The first-order valence-corrected chi connectivity index (χ1v) is 4.82. The van der Waals surface area contributed by atoms with Gasteiger partial charge in [-0.15, -0.1) is 0 Å². The standard InChI is InChI=1S/C11H19NO2/c1-10(2,3)11(13,8-12)6-9-4-5-14-7-9/h4-5,7,13H,6,8,12H2,1-3H3. The van der Waals surface area contributed by atoms with Crippen molar-refractivity contribution >= 4 is 0 Å². The van der Waals surface area contributed by atoms with Gasteiger partial charge in [0, 0.05) is 13.0 Å². The van der Waals surface area contributed by atoms with E-state index in [9.17, 15) is 5.11 Å². The topological polar surface area (TPSA) is 59.4 Å². The molecular formula is C11H19NO2. The zero-order valence-corrected chi connectivity index (χ0v) is 9.08. The molecule has 0 amide bonds. The fourth-order valence-electron chi connectivity index (χ4n) is 1.37. The summed E-state index contributed by atoms with van der Waals surface area (Å²) in [7, 11) is 0. The van der Waals surface area contributed by atoms with E-state index in [2.05, 4.69) is 0 Å². The maximum absolute atomic E-state index is 10.4. The van der Waals surface area contributed by atoms with Crippen LogP contribution in [0.15, 0.2) is 23.0 Å². The lowest BCUT2D eigenvalue weighted by molar-refractivity contribution is -0.0491. The van der Waals surface area contributed by atoms with E-state index in [1.54, 1.807) is 12.5 Å². The quantitative estimate of drug-likeness (QED) is 0.773. The lowest BCUT2D eigenvalue weighted by atomic mass is 9.73. The van der Waals surface area contributed by atoms with Crippen LogP contribution in [0, 0.1) is 5.41 Å². The predicted molar refractivity (Wildman–Crippen MR) is 55.9 cm³/mol. The first kappa shape index (κ1) is 11.3. The Morgan fingerprint density at radius 2 is 2.07 bits per heavy atom. The maximum Gasteiger partial charge on any atom is 0.0935 e. The number of nitrogens with two attached hydrogens (primary N) is 1. The van der Waals surface area contributed by atoms with Crippen LogP contribution < -0.4 is 5.73 Å². The number of rotatable bonds is 3. The molecule has 3 N–H and O–H groups in total. The smallest absolute Gasteiger partial charge is 0.0935 e. The second-order valence-corrected chi connectivity index (χ2v) is 4.79. The van der Waals surface area contributed by atoms with Crippen molar-refractivity contribution in [1.29, 1.82) is 0 Å². The zero-order chi connectivity index (χ0) is 10.8. The van der Waals surface area contributed by atoms with Gasteiger partial charge in [0.1, 0.15) is 0 Å². The lowest BCUT2D eigenvalue weighted by Gasteiger charge is -2.39. The fourth-order valence-corrected chi connectivity index (χ4v) is 1.37. The van der Waals surface area contributed by atoms with Crippen LogP contribution in [0.2, 0.25) is 0 Å². The average Bonchev–Trinajstić information content (AvgIpc) is 2.54. The van der Waals surface area contributed by atoms with Crippen molar-refractivity contribution in [2.24, 2.45) is 11.1 Å². The highest BCUT2D eigenvalue weighted by molar-refractivity contribution is 5.11. The third-order valence-electron chi connectivity index (χ3n) is 2.81. The van der Waals surface area contributed by atoms with E-state index in [-0.39, 0.29) is 12.0 Å². The molecule has 14 heavy (non-hydrogen) atoms. The number of furan rings is 1. The molecule has 80 valence electrons. The molecule has 1 aromatic heterocycles. The molecule has 1 aromatic rings. The second-order valence-electron chi connectivity index (χ2n) is 4.79. The summed E-state index contributed by atoms with van der Waals surface area (Å²) in [5.41, 5.74) is 5.49. The van der Waals surface area contributed by atoms with Crippen LogP contribution in [0.1, 0.15) is 26.3 Å². The Bertz CT molecular complexity index is 274. The highest BCUT2D eigenvalue weighted by atomic mass is 16.3. The van der Waals surface area contributed by atoms with Crippen LogP contribution >= 0.6 is 0 Å². The van der Waals surface area contributed by atoms with Crippen molar-refractivity contribution < 1.29 is 9.52 Å². The molecule has 0 saturated carbocycles. The van der Waals surface area contributed by atoms with Crippen molar-refractivity contribution in [2.45, 2.75) is 32.8 Å². The van der Waals surface area contributed by atoms with Gasteiger partial charge in [0.25, 0.3) is 0 Å². The van der Waals surface area contributed by atoms with Crippen molar-refractivity contribution in [2.75, 3.05) is 6.54 Å². The Morgan fingerprint density at radius 1 is 1.43 bits per heavy atom. The summed E-state index contributed by atoms with van der Waals surface area (Å²) in [5.74, 6) is 0. The summed E-state index contributed by atoms with van der Waals surface area (Å²) >= 11 is 0. The molecule has 0 radical (unpaired) electrons. The van der Waals surface area contributed by atoms with E-state index in [1.165, 1.54) is 0 Å². The van der Waals surface area contributed by atoms with Crippen LogP contribution in [0.4, 0.5) is 0 Å². The fraction of sp³-hybridized carbons (Fsp3) is 0.636. The van der Waals surface area contributed by atoms with Crippen LogP contribution in [0.3, 0.4) is 0 Å². The molecule has 1 unspecified atom stereocenters. The van der Waals surface area contributed by atoms with Crippen LogP contribution in [0.25, 0.3) is 0 Å². The molecule has 0 aromatic carbocycles. The molecule has 0 aliphatic heterocycles. The van der Waals surface area contributed by atoms with Crippen molar-refractivity contribution in [1.82, 2.24) is 0 Å². The molecule has 0 aliphatic carbocycles. The molecule has 1 rings (SSSR count). The molecule has 0 bridgehead atoms. The van der Waals surface area contributed by atoms with E-state index in [4.69, 9.17) is 10.2 Å². The van der Waals surface area contributed by atoms with E-state index < -0.39 is 5.60 Å². The highest BCUT2D eigenvalue weighted by Crippen LogP contribution is 2.32. The van der Waals surface area contributed by atoms with Gasteiger partial charge in [0.15, 0.2) is 0 Å². The number of hydrogen-bond acceptors (Lipinski definition) is 3. The summed E-state index contributed by atoms with van der Waals surface area (Å²) in [6, 6.07) is 1.85. The summed E-state index contributed by atoms with van der Waals surface area (Å²) in [4.78, 5) is 0. The summed E-state index contributed by atoms with van der Waals surface area (Å²) in [6.45, 7) is 6.21. The van der Waals surface area contributed by atoms with Crippen LogP contribution in [-0.2, 0) is 6.42 Å². The van der Waals surface area contributed by atoms with Crippen molar-refractivity contribution in [3.63, 3.8) is 0 Å². The summed E-state index contributed by atoms with van der Waals surface area (Å²) in [5, 5.41) is 10.4. The van der Waals surface area contributed by atoms with Crippen molar-refractivity contribution in [3.05, 3.63) is 24.2 Å². The minimum absolute atomic E-state index is 0.237. The van der Waals surface area contributed by atoms with E-state index >= 15 is 0 Å². The van der Waals surface area contributed by atoms with Gasteiger partial charge in [-0.1, -0.05) is 20.8 Å². The molecule has 3 nitrogen and oxygen atoms in total. The third kappa shape index (κ3) is 2.16. The van der Waals surface area contributed by atoms with Gasteiger partial charge >= 0.3 is 0 Å². The molecule has 1 atom stereocenters. The Morgan fingerprint density at radius 3 is 2.43 bits per heavy atom. The van der Waals surface area contributed by atoms with Crippen LogP contribution in [-0.4, -0.2) is 17.3 Å². The average molecular weight is 197 g/mol. The van der Waals surface area contributed by atoms with Crippen molar-refractivity contribution in [3.8, 4) is 0 Å². The first-order valence-electron chi connectivity index (χ1n) is 4.82. The minimum Gasteiger partial charge on any atom is -0.472 e. The first-order chi connectivity index (χ1) is 6.39. The third-order valence-corrected chi connectivity index (χ3v) is 2.81. The molecule has 0 spiro atoms. The molecule has 0 aliphatic rings. The SMILES string of the molecule is CC(C)(C)C(O)(CN)Cc1ccoc1. The van der Waals surface area contributed by atoms with Crippen LogP contribution in [0.5, 0.6) is 0 Å². The van der Waals surface area contributed by atoms with Gasteiger partial charge in [-0.2, -0.15) is 0 Å². The zero-order valence-electron chi connectivity index (χ0n) is 9.08. The number of hydrogen-bond donors (Lipinski definition) is 2. The molecule has 3 heteroatoms. The summed E-state index contributed by atoms with van der Waals surface area (Å²) < 4.78 is 4.97. The Balaban J connectivity index is 2.82. The second kappa shape index (κ2) is 3.75. The maximum atomic E-state index is 10.4. The van der Waals surface area contributed by atoms with Gasteiger partial charge in [0.2, 0.25) is 0 Å². The van der Waals surface area contributed by atoms with Gasteiger partial charge in [0.05, 0.1) is 18.1 Å². The highest BCUT2D eigenvalue weighted by Gasteiger charge is 2.38. The number of aliphatic hydroxyl groups is 1. The van der Waals surface area contributed by atoms with E-state index in [0.29, 0.717) is 6.42 Å². The minimum atomic E-state index is -0.878. The molecular weight excluding hydrogens is 178 g/mol. The van der Waals surface area contributed by atoms with Gasteiger partial charge in [-0.05, 0) is 17.0 Å². The van der Waals surface area contributed by atoms with Gasteiger partial charge in [-0.3, -0.25) is 0 Å². The van der Waals surface area contributed by atoms with Gasteiger partial charge in [-0.25, -0.2) is 0 Å². The monoisotopic (exact) mass is 197 g/mol. The molecule has 1 heterocycles. The predicted octanol–water partition coefficient (Wildman–Crippen LogP) is 1.56.